The number of hydrogen-bond acceptors (Lipinski definition) is 3. The minimum atomic E-state index is -0.369. The van der Waals surface area contributed by atoms with Crippen molar-refractivity contribution in [1.29, 1.82) is 0 Å². The predicted molar refractivity (Wildman–Crippen MR) is 105 cm³/mol. The average Bonchev–Trinajstić information content (AvgIpc) is 2.63. The second-order valence-corrected chi connectivity index (χ2v) is 6.66. The number of pyridine rings is 1. The molecule has 0 aliphatic heterocycles. The van der Waals surface area contributed by atoms with E-state index < -0.39 is 0 Å². The number of aromatic amines is 1. The average molecular weight is 370 g/mol. The van der Waals surface area contributed by atoms with Gasteiger partial charge in [-0.3, -0.25) is 0 Å². The minimum Gasteiger partial charge on any atom is -0.462 e. The molecule has 134 valence electrons. The van der Waals surface area contributed by atoms with E-state index in [9.17, 15) is 4.79 Å². The van der Waals surface area contributed by atoms with Gasteiger partial charge in [-0.1, -0.05) is 41.9 Å². The highest BCUT2D eigenvalue weighted by atomic mass is 35.5. The lowest BCUT2D eigenvalue weighted by Crippen LogP contribution is -2.18. The summed E-state index contributed by atoms with van der Waals surface area (Å²) in [5.74, 6) is -0.369. The zero-order valence-electron chi connectivity index (χ0n) is 15.1. The number of carbonyl (C=O) groups is 1. The molecule has 0 unspecified atom stereocenters. The molecule has 3 rings (SSSR count). The third kappa shape index (κ3) is 3.65. The molecule has 0 bridgehead atoms. The van der Waals surface area contributed by atoms with Crippen LogP contribution in [0.5, 0.6) is 0 Å². The highest BCUT2D eigenvalue weighted by Crippen LogP contribution is 2.32. The Labute approximate surface area is 158 Å². The van der Waals surface area contributed by atoms with E-state index >= 15 is 0 Å². The van der Waals surface area contributed by atoms with Crippen LogP contribution in [0.2, 0.25) is 5.02 Å². The van der Waals surface area contributed by atoms with E-state index in [0.29, 0.717) is 17.2 Å². The summed E-state index contributed by atoms with van der Waals surface area (Å²) in [6, 6.07) is 13.9. The fourth-order valence-electron chi connectivity index (χ4n) is 3.06. The SMILES string of the molecule is CCOC(=O)c1c[nH+]c2c(C)cc(Cl)cc2c1N[C@H](C)c1ccccc1. The molecular weight excluding hydrogens is 348 g/mol. The van der Waals surface area contributed by atoms with Crippen molar-refractivity contribution < 1.29 is 14.5 Å². The van der Waals surface area contributed by atoms with Crippen LogP contribution < -0.4 is 10.3 Å². The highest BCUT2D eigenvalue weighted by molar-refractivity contribution is 6.31. The van der Waals surface area contributed by atoms with Crippen LogP contribution in [0.1, 0.15) is 41.4 Å². The van der Waals surface area contributed by atoms with Crippen LogP contribution in [0, 0.1) is 6.92 Å². The Morgan fingerprint density at radius 1 is 1.27 bits per heavy atom. The Balaban J connectivity index is 2.15. The van der Waals surface area contributed by atoms with E-state index in [4.69, 9.17) is 16.3 Å². The molecule has 0 aliphatic rings. The van der Waals surface area contributed by atoms with Crippen LogP contribution in [0.25, 0.3) is 10.9 Å². The lowest BCUT2D eigenvalue weighted by molar-refractivity contribution is -0.345. The Hall–Kier alpha value is -2.59. The first-order valence-corrected chi connectivity index (χ1v) is 9.02. The number of halogens is 1. The third-order valence-corrected chi connectivity index (χ3v) is 4.57. The van der Waals surface area contributed by atoms with E-state index in [1.807, 2.05) is 37.3 Å². The van der Waals surface area contributed by atoms with Crippen LogP contribution in [-0.4, -0.2) is 12.6 Å². The van der Waals surface area contributed by atoms with Crippen molar-refractivity contribution in [2.45, 2.75) is 26.8 Å². The van der Waals surface area contributed by atoms with Gasteiger partial charge in [0.1, 0.15) is 5.56 Å². The zero-order valence-corrected chi connectivity index (χ0v) is 15.9. The number of esters is 1. The molecule has 0 radical (unpaired) electrons. The number of carbonyl (C=O) groups excluding carboxylic acids is 1. The van der Waals surface area contributed by atoms with Crippen molar-refractivity contribution in [1.82, 2.24) is 0 Å². The lowest BCUT2D eigenvalue weighted by Gasteiger charge is -2.18. The maximum absolute atomic E-state index is 12.5. The van der Waals surface area contributed by atoms with Crippen molar-refractivity contribution >= 4 is 34.2 Å². The quantitative estimate of drug-likeness (QED) is 0.646. The smallest absolute Gasteiger partial charge is 0.346 e. The molecule has 1 atom stereocenters. The van der Waals surface area contributed by atoms with Gasteiger partial charge in [-0.15, -0.1) is 0 Å². The van der Waals surface area contributed by atoms with Gasteiger partial charge in [0, 0.05) is 16.6 Å². The molecule has 3 aromatic rings. The van der Waals surface area contributed by atoms with Gasteiger partial charge in [-0.25, -0.2) is 9.78 Å². The monoisotopic (exact) mass is 369 g/mol. The maximum Gasteiger partial charge on any atom is 0.346 e. The van der Waals surface area contributed by atoms with Crippen molar-refractivity contribution in [2.24, 2.45) is 0 Å². The molecule has 5 heteroatoms. The molecule has 0 aliphatic carbocycles. The van der Waals surface area contributed by atoms with Gasteiger partial charge in [0.25, 0.3) is 0 Å². The second kappa shape index (κ2) is 7.75. The van der Waals surface area contributed by atoms with Crippen LogP contribution in [-0.2, 0) is 4.74 Å². The Morgan fingerprint density at radius 3 is 2.69 bits per heavy atom. The van der Waals surface area contributed by atoms with Crippen molar-refractivity contribution in [2.75, 3.05) is 11.9 Å². The zero-order chi connectivity index (χ0) is 18.7. The Morgan fingerprint density at radius 2 is 2.00 bits per heavy atom. The molecule has 2 N–H and O–H groups in total. The number of H-pyrrole nitrogens is 1. The summed E-state index contributed by atoms with van der Waals surface area (Å²) in [7, 11) is 0. The molecule has 0 spiro atoms. The first-order valence-electron chi connectivity index (χ1n) is 8.64. The summed E-state index contributed by atoms with van der Waals surface area (Å²) >= 11 is 6.28. The molecular formula is C21H22ClN2O2+. The van der Waals surface area contributed by atoms with Crippen LogP contribution in [0.15, 0.2) is 48.7 Å². The number of aryl methyl sites for hydroxylation is 1. The Bertz CT molecular complexity index is 942. The minimum absolute atomic E-state index is 0.00858. The number of rotatable bonds is 5. The fourth-order valence-corrected chi connectivity index (χ4v) is 3.33. The van der Waals surface area contributed by atoms with Crippen molar-refractivity contribution in [3.63, 3.8) is 0 Å². The second-order valence-electron chi connectivity index (χ2n) is 6.22. The van der Waals surface area contributed by atoms with Crippen LogP contribution >= 0.6 is 11.6 Å². The number of ether oxygens (including phenoxy) is 1. The lowest BCUT2D eigenvalue weighted by atomic mass is 10.0. The molecule has 2 aromatic carbocycles. The standard InChI is InChI=1S/C21H21ClN2O2/c1-4-26-21(25)18-12-23-19-13(2)10-16(22)11-17(19)20(18)24-14(3)15-8-6-5-7-9-15/h5-12,14H,4H2,1-3H3,(H,23,24)/p+1/t14-/m1/s1. The van der Waals surface area contributed by atoms with Gasteiger partial charge in [-0.2, -0.15) is 0 Å². The summed E-state index contributed by atoms with van der Waals surface area (Å²) in [5.41, 5.74) is 4.26. The highest BCUT2D eigenvalue weighted by Gasteiger charge is 2.23. The molecule has 1 heterocycles. The Kier molecular flexibility index (Phi) is 5.43. The van der Waals surface area contributed by atoms with Gasteiger partial charge in [0.05, 0.1) is 17.7 Å². The number of fused-ring (bicyclic) bond motifs is 1. The van der Waals surface area contributed by atoms with Crippen LogP contribution in [0.4, 0.5) is 5.69 Å². The maximum atomic E-state index is 12.5. The molecule has 0 amide bonds. The van der Waals surface area contributed by atoms with E-state index in [-0.39, 0.29) is 12.0 Å². The normalized spacial score (nSPS) is 12.0. The largest absolute Gasteiger partial charge is 0.462 e. The third-order valence-electron chi connectivity index (χ3n) is 4.36. The molecule has 0 saturated carbocycles. The molecule has 26 heavy (non-hydrogen) atoms. The topological polar surface area (TPSA) is 52.5 Å². The molecule has 1 aromatic heterocycles. The van der Waals surface area contributed by atoms with E-state index in [2.05, 4.69) is 29.4 Å². The summed E-state index contributed by atoms with van der Waals surface area (Å²) in [4.78, 5) is 15.7. The van der Waals surface area contributed by atoms with Gasteiger partial charge in [0.2, 0.25) is 5.52 Å². The summed E-state index contributed by atoms with van der Waals surface area (Å²) in [6.07, 6.45) is 1.70. The first-order chi connectivity index (χ1) is 12.5. The number of nitrogens with one attached hydrogen (secondary N) is 2. The summed E-state index contributed by atoms with van der Waals surface area (Å²) in [6.45, 7) is 6.16. The molecule has 0 fully saturated rings. The molecule has 4 nitrogen and oxygen atoms in total. The number of aromatic nitrogens is 1. The van der Waals surface area contributed by atoms with Gasteiger partial charge in [0.15, 0.2) is 6.20 Å². The predicted octanol–water partition coefficient (Wildman–Crippen LogP) is 4.97. The van der Waals surface area contributed by atoms with Crippen molar-refractivity contribution in [3.05, 3.63) is 70.4 Å². The molecule has 0 saturated heterocycles. The summed E-state index contributed by atoms with van der Waals surface area (Å²) in [5, 5.41) is 4.97. The first kappa shape index (κ1) is 18.2. The summed E-state index contributed by atoms with van der Waals surface area (Å²) < 4.78 is 5.23. The number of hydrogen-bond donors (Lipinski definition) is 1. The van der Waals surface area contributed by atoms with Crippen molar-refractivity contribution in [3.8, 4) is 0 Å². The van der Waals surface area contributed by atoms with Crippen LogP contribution in [0.3, 0.4) is 0 Å². The van der Waals surface area contributed by atoms with E-state index in [1.54, 1.807) is 13.1 Å². The number of anilines is 1. The van der Waals surface area contributed by atoms with Gasteiger partial charge < -0.3 is 10.1 Å². The van der Waals surface area contributed by atoms with E-state index in [1.165, 1.54) is 0 Å². The van der Waals surface area contributed by atoms with Gasteiger partial charge in [-0.05, 0) is 38.5 Å². The fraction of sp³-hybridized carbons (Fsp3) is 0.238. The van der Waals surface area contributed by atoms with Gasteiger partial charge >= 0.3 is 5.97 Å². The number of benzene rings is 2. The van der Waals surface area contributed by atoms with E-state index in [0.717, 1.165) is 27.7 Å².